The van der Waals surface area contributed by atoms with Crippen molar-refractivity contribution in [1.29, 1.82) is 0 Å². The van der Waals surface area contributed by atoms with Crippen molar-refractivity contribution in [3.63, 3.8) is 0 Å². The third kappa shape index (κ3) is 1.65. The highest BCUT2D eigenvalue weighted by molar-refractivity contribution is 5.52. The van der Waals surface area contributed by atoms with Crippen LogP contribution in [0.3, 0.4) is 0 Å². The van der Waals surface area contributed by atoms with E-state index in [0.29, 0.717) is 0 Å². The van der Waals surface area contributed by atoms with E-state index in [1.54, 1.807) is 0 Å². The Hall–Kier alpha value is -1.30. The average Bonchev–Trinajstić information content (AvgIpc) is 2.19. The van der Waals surface area contributed by atoms with Gasteiger partial charge in [-0.25, -0.2) is 0 Å². The smallest absolute Gasteiger partial charge is 0.130 e. The summed E-state index contributed by atoms with van der Waals surface area (Å²) in [5, 5.41) is 45.4. The van der Waals surface area contributed by atoms with E-state index in [9.17, 15) is 10.2 Å². The standard InChI is InChI=1S/C9H12O5/c10-2-5-1-6(3-11)9(14)7(4-12)8(5)13/h1,10-14H,2-4H2. The third-order valence-electron chi connectivity index (χ3n) is 2.03. The number of aromatic hydroxyl groups is 2. The van der Waals surface area contributed by atoms with Crippen LogP contribution < -0.4 is 0 Å². The van der Waals surface area contributed by atoms with Crippen molar-refractivity contribution in [1.82, 2.24) is 0 Å². The van der Waals surface area contributed by atoms with Gasteiger partial charge in [-0.2, -0.15) is 0 Å². The van der Waals surface area contributed by atoms with Gasteiger partial charge in [-0.1, -0.05) is 0 Å². The van der Waals surface area contributed by atoms with Gasteiger partial charge in [0.1, 0.15) is 11.5 Å². The number of phenols is 2. The fourth-order valence-corrected chi connectivity index (χ4v) is 1.24. The highest BCUT2D eigenvalue weighted by Crippen LogP contribution is 2.34. The number of hydrogen-bond acceptors (Lipinski definition) is 5. The largest absolute Gasteiger partial charge is 0.507 e. The van der Waals surface area contributed by atoms with Gasteiger partial charge in [0.05, 0.1) is 25.4 Å². The molecule has 14 heavy (non-hydrogen) atoms. The molecule has 1 aromatic rings. The maximum atomic E-state index is 9.43. The first-order valence-corrected chi connectivity index (χ1v) is 4.03. The van der Waals surface area contributed by atoms with Crippen LogP contribution in [0.25, 0.3) is 0 Å². The highest BCUT2D eigenvalue weighted by atomic mass is 16.3. The molecule has 0 atom stereocenters. The number of benzene rings is 1. The van der Waals surface area contributed by atoms with Crippen LogP contribution in [0.4, 0.5) is 0 Å². The van der Waals surface area contributed by atoms with Gasteiger partial charge in [0.2, 0.25) is 0 Å². The molecule has 0 amide bonds. The summed E-state index contributed by atoms with van der Waals surface area (Å²) in [7, 11) is 0. The Morgan fingerprint density at radius 2 is 1.21 bits per heavy atom. The summed E-state index contributed by atoms with van der Waals surface area (Å²) >= 11 is 0. The van der Waals surface area contributed by atoms with Crippen molar-refractivity contribution in [2.24, 2.45) is 0 Å². The first kappa shape index (κ1) is 10.8. The van der Waals surface area contributed by atoms with Gasteiger partial charge in [0, 0.05) is 11.1 Å². The fraction of sp³-hybridized carbons (Fsp3) is 0.333. The molecule has 0 aliphatic heterocycles. The molecule has 0 aliphatic rings. The Balaban J connectivity index is 3.39. The normalized spacial score (nSPS) is 10.5. The quantitative estimate of drug-likeness (QED) is 0.456. The van der Waals surface area contributed by atoms with Gasteiger partial charge in [-0.05, 0) is 6.07 Å². The van der Waals surface area contributed by atoms with Crippen molar-refractivity contribution < 1.29 is 25.5 Å². The molecule has 5 heteroatoms. The lowest BCUT2D eigenvalue weighted by atomic mass is 10.0. The summed E-state index contributed by atoms with van der Waals surface area (Å²) in [5.74, 6) is -0.686. The molecule has 0 spiro atoms. The van der Waals surface area contributed by atoms with E-state index in [1.807, 2.05) is 0 Å². The first-order chi connectivity index (χ1) is 6.65. The third-order valence-corrected chi connectivity index (χ3v) is 2.03. The van der Waals surface area contributed by atoms with E-state index in [-0.39, 0.29) is 28.2 Å². The molecule has 0 fully saturated rings. The van der Waals surface area contributed by atoms with Crippen LogP contribution in [-0.2, 0) is 19.8 Å². The molecule has 1 rings (SSSR count). The number of rotatable bonds is 3. The molecule has 0 bridgehead atoms. The van der Waals surface area contributed by atoms with Crippen LogP contribution >= 0.6 is 0 Å². The minimum atomic E-state index is -0.557. The zero-order valence-corrected chi connectivity index (χ0v) is 7.43. The zero-order valence-electron chi connectivity index (χ0n) is 7.43. The second kappa shape index (κ2) is 4.28. The minimum absolute atomic E-state index is 0.0828. The molecule has 0 aromatic heterocycles. The average molecular weight is 200 g/mol. The molecule has 0 saturated carbocycles. The summed E-state index contributed by atoms with van der Waals surface area (Å²) in [6.07, 6.45) is 0. The van der Waals surface area contributed by atoms with E-state index in [1.165, 1.54) is 6.07 Å². The number of hydrogen-bond donors (Lipinski definition) is 5. The van der Waals surface area contributed by atoms with E-state index >= 15 is 0 Å². The van der Waals surface area contributed by atoms with Gasteiger partial charge < -0.3 is 25.5 Å². The van der Waals surface area contributed by atoms with Gasteiger partial charge in [-0.3, -0.25) is 0 Å². The van der Waals surface area contributed by atoms with Crippen LogP contribution in [0.2, 0.25) is 0 Å². The van der Waals surface area contributed by atoms with Crippen LogP contribution in [0.1, 0.15) is 16.7 Å². The van der Waals surface area contributed by atoms with Gasteiger partial charge in [0.25, 0.3) is 0 Å². The van der Waals surface area contributed by atoms with Gasteiger partial charge in [0.15, 0.2) is 0 Å². The SMILES string of the molecule is OCc1cc(CO)c(O)c(CO)c1O. The Morgan fingerprint density at radius 1 is 0.786 bits per heavy atom. The lowest BCUT2D eigenvalue weighted by molar-refractivity contribution is 0.250. The predicted molar refractivity (Wildman–Crippen MR) is 47.5 cm³/mol. The molecule has 1 aromatic carbocycles. The summed E-state index contributed by atoms with van der Waals surface area (Å²) < 4.78 is 0. The lowest BCUT2D eigenvalue weighted by Crippen LogP contribution is -1.97. The molecular weight excluding hydrogens is 188 g/mol. The van der Waals surface area contributed by atoms with Crippen molar-refractivity contribution in [3.8, 4) is 11.5 Å². The Morgan fingerprint density at radius 3 is 1.50 bits per heavy atom. The highest BCUT2D eigenvalue weighted by Gasteiger charge is 2.15. The van der Waals surface area contributed by atoms with Crippen LogP contribution in [-0.4, -0.2) is 25.5 Å². The summed E-state index contributed by atoms with van der Waals surface area (Å²) in [6.45, 7) is -1.41. The lowest BCUT2D eigenvalue weighted by Gasteiger charge is -2.11. The maximum absolute atomic E-state index is 9.43. The topological polar surface area (TPSA) is 101 Å². The van der Waals surface area contributed by atoms with Crippen LogP contribution in [0.5, 0.6) is 11.5 Å². The fourth-order valence-electron chi connectivity index (χ4n) is 1.24. The molecule has 78 valence electrons. The van der Waals surface area contributed by atoms with E-state index < -0.39 is 19.8 Å². The van der Waals surface area contributed by atoms with Gasteiger partial charge >= 0.3 is 0 Å². The maximum Gasteiger partial charge on any atom is 0.130 e. The monoisotopic (exact) mass is 200 g/mol. The number of aliphatic hydroxyl groups excluding tert-OH is 3. The molecular formula is C9H12O5. The Bertz CT molecular complexity index is 306. The molecule has 0 aliphatic carbocycles. The van der Waals surface area contributed by atoms with Crippen molar-refractivity contribution in [3.05, 3.63) is 22.8 Å². The molecule has 0 saturated heterocycles. The Labute approximate surface area is 80.5 Å². The van der Waals surface area contributed by atoms with E-state index in [4.69, 9.17) is 15.3 Å². The molecule has 0 unspecified atom stereocenters. The molecule has 0 radical (unpaired) electrons. The second-order valence-corrected chi connectivity index (χ2v) is 2.84. The van der Waals surface area contributed by atoms with Crippen molar-refractivity contribution >= 4 is 0 Å². The van der Waals surface area contributed by atoms with Crippen LogP contribution in [0, 0.1) is 0 Å². The van der Waals surface area contributed by atoms with E-state index in [0.717, 1.165) is 0 Å². The molecule has 5 nitrogen and oxygen atoms in total. The number of aliphatic hydroxyl groups is 3. The first-order valence-electron chi connectivity index (χ1n) is 4.03. The summed E-state index contributed by atoms with van der Waals surface area (Å²) in [6, 6.07) is 1.28. The molecule has 5 N–H and O–H groups in total. The predicted octanol–water partition coefficient (Wildman–Crippen LogP) is -0.425. The zero-order chi connectivity index (χ0) is 10.7. The van der Waals surface area contributed by atoms with Gasteiger partial charge in [-0.15, -0.1) is 0 Å². The summed E-state index contributed by atoms with van der Waals surface area (Å²) in [5.41, 5.74) is 0.243. The van der Waals surface area contributed by atoms with Crippen LogP contribution in [0.15, 0.2) is 6.07 Å². The second-order valence-electron chi connectivity index (χ2n) is 2.84. The van der Waals surface area contributed by atoms with Crippen molar-refractivity contribution in [2.45, 2.75) is 19.8 Å². The van der Waals surface area contributed by atoms with E-state index in [2.05, 4.69) is 0 Å². The minimum Gasteiger partial charge on any atom is -0.507 e. The Kier molecular flexibility index (Phi) is 3.29. The van der Waals surface area contributed by atoms with Crippen molar-refractivity contribution in [2.75, 3.05) is 0 Å². The summed E-state index contributed by atoms with van der Waals surface area (Å²) in [4.78, 5) is 0. The molecule has 0 heterocycles.